The zero-order valence-corrected chi connectivity index (χ0v) is 11.2. The predicted octanol–water partition coefficient (Wildman–Crippen LogP) is 4.02. The van der Waals surface area contributed by atoms with E-state index < -0.39 is 5.60 Å². The number of carbonyl (C=O) groups excluding carboxylic acids is 1. The maximum Gasteiger partial charge on any atom is 0.334 e. The van der Waals surface area contributed by atoms with Gasteiger partial charge in [0.25, 0.3) is 0 Å². The van der Waals surface area contributed by atoms with Crippen LogP contribution in [0.15, 0.2) is 23.8 Å². The molecule has 16 heavy (non-hydrogen) atoms. The zero-order valence-electron chi connectivity index (χ0n) is 11.2. The van der Waals surface area contributed by atoms with E-state index in [-0.39, 0.29) is 5.97 Å². The first kappa shape index (κ1) is 14.9. The Kier molecular flexibility index (Phi) is 6.78. The van der Waals surface area contributed by atoms with Crippen LogP contribution in [0, 0.1) is 0 Å². The first-order valence-electron chi connectivity index (χ1n) is 5.93. The van der Waals surface area contributed by atoms with Crippen molar-refractivity contribution in [3.8, 4) is 0 Å². The molecule has 0 aliphatic carbocycles. The van der Waals surface area contributed by atoms with Crippen molar-refractivity contribution in [2.24, 2.45) is 0 Å². The number of unbranched alkanes of at least 4 members (excludes halogenated alkanes) is 2. The van der Waals surface area contributed by atoms with Crippen molar-refractivity contribution in [2.45, 2.75) is 59.5 Å². The largest absolute Gasteiger partial charge is 0.457 e. The molecule has 0 radical (unpaired) electrons. The summed E-state index contributed by atoms with van der Waals surface area (Å²) >= 11 is 0. The highest BCUT2D eigenvalue weighted by atomic mass is 16.6. The van der Waals surface area contributed by atoms with Crippen LogP contribution in [0.4, 0.5) is 0 Å². The average Bonchev–Trinajstić information content (AvgIpc) is 2.14. The Morgan fingerprint density at radius 3 is 2.44 bits per heavy atom. The molecule has 0 aliphatic rings. The van der Waals surface area contributed by atoms with Gasteiger partial charge in [0, 0.05) is 5.57 Å². The number of rotatable bonds is 5. The van der Waals surface area contributed by atoms with Gasteiger partial charge in [-0.25, -0.2) is 4.79 Å². The van der Waals surface area contributed by atoms with Gasteiger partial charge in [-0.1, -0.05) is 38.0 Å². The standard InChI is InChI=1S/C14H24O2/c1-6-7-8-9-10-11-12(2)13(15)16-14(3,4)5/h9-11H,6-8H2,1-5H3. The summed E-state index contributed by atoms with van der Waals surface area (Å²) in [5, 5.41) is 0. The molecule has 0 aromatic heterocycles. The molecule has 2 heteroatoms. The van der Waals surface area contributed by atoms with Crippen molar-refractivity contribution >= 4 is 5.97 Å². The molecule has 0 amide bonds. The summed E-state index contributed by atoms with van der Waals surface area (Å²) in [6.45, 7) is 9.55. The van der Waals surface area contributed by atoms with E-state index in [4.69, 9.17) is 4.74 Å². The van der Waals surface area contributed by atoms with Crippen LogP contribution in [0.3, 0.4) is 0 Å². The second-order valence-corrected chi connectivity index (χ2v) is 4.92. The third kappa shape index (κ3) is 8.27. The van der Waals surface area contributed by atoms with E-state index >= 15 is 0 Å². The topological polar surface area (TPSA) is 26.3 Å². The summed E-state index contributed by atoms with van der Waals surface area (Å²) in [5.41, 5.74) is 0.223. The highest BCUT2D eigenvalue weighted by Crippen LogP contribution is 2.10. The van der Waals surface area contributed by atoms with Crippen LogP contribution in [0.5, 0.6) is 0 Å². The summed E-state index contributed by atoms with van der Waals surface area (Å²) < 4.78 is 5.24. The fourth-order valence-corrected chi connectivity index (χ4v) is 1.06. The van der Waals surface area contributed by atoms with E-state index in [1.54, 1.807) is 6.92 Å². The lowest BCUT2D eigenvalue weighted by atomic mass is 10.2. The van der Waals surface area contributed by atoms with Crippen LogP contribution in [-0.2, 0) is 9.53 Å². The maximum atomic E-state index is 11.6. The molecule has 0 rings (SSSR count). The smallest absolute Gasteiger partial charge is 0.334 e. The van der Waals surface area contributed by atoms with Crippen molar-refractivity contribution in [3.05, 3.63) is 23.8 Å². The minimum atomic E-state index is -0.419. The molecular formula is C14H24O2. The normalized spacial score (nSPS) is 13.2. The molecule has 0 aromatic rings. The van der Waals surface area contributed by atoms with Gasteiger partial charge >= 0.3 is 5.97 Å². The fourth-order valence-electron chi connectivity index (χ4n) is 1.06. The summed E-state index contributed by atoms with van der Waals surface area (Å²) in [6, 6.07) is 0. The van der Waals surface area contributed by atoms with Gasteiger partial charge in [-0.2, -0.15) is 0 Å². The van der Waals surface area contributed by atoms with Gasteiger partial charge in [-0.3, -0.25) is 0 Å². The molecule has 0 saturated heterocycles. The van der Waals surface area contributed by atoms with Crippen LogP contribution in [-0.4, -0.2) is 11.6 Å². The Labute approximate surface area is 99.4 Å². The summed E-state index contributed by atoms with van der Waals surface area (Å²) in [7, 11) is 0. The zero-order chi connectivity index (χ0) is 12.6. The van der Waals surface area contributed by atoms with Crippen LogP contribution in [0.1, 0.15) is 53.9 Å². The van der Waals surface area contributed by atoms with E-state index in [2.05, 4.69) is 13.0 Å². The first-order chi connectivity index (χ1) is 7.37. The lowest BCUT2D eigenvalue weighted by molar-refractivity contribution is -0.149. The van der Waals surface area contributed by atoms with E-state index in [1.807, 2.05) is 32.9 Å². The van der Waals surface area contributed by atoms with Gasteiger partial charge < -0.3 is 4.74 Å². The molecular weight excluding hydrogens is 200 g/mol. The number of ether oxygens (including phenoxy) is 1. The molecule has 92 valence electrons. The highest BCUT2D eigenvalue weighted by molar-refractivity contribution is 5.88. The van der Waals surface area contributed by atoms with Gasteiger partial charge in [0.15, 0.2) is 0 Å². The van der Waals surface area contributed by atoms with Crippen molar-refractivity contribution in [3.63, 3.8) is 0 Å². The van der Waals surface area contributed by atoms with E-state index in [9.17, 15) is 4.79 Å². The minimum Gasteiger partial charge on any atom is -0.457 e. The molecule has 0 aliphatic heterocycles. The molecule has 0 aromatic carbocycles. The lowest BCUT2D eigenvalue weighted by Gasteiger charge is -2.19. The first-order valence-corrected chi connectivity index (χ1v) is 5.93. The molecule has 0 atom stereocenters. The van der Waals surface area contributed by atoms with Crippen molar-refractivity contribution in [1.29, 1.82) is 0 Å². The highest BCUT2D eigenvalue weighted by Gasteiger charge is 2.16. The van der Waals surface area contributed by atoms with E-state index in [0.29, 0.717) is 5.57 Å². The Morgan fingerprint density at radius 1 is 1.31 bits per heavy atom. The average molecular weight is 224 g/mol. The van der Waals surface area contributed by atoms with Crippen molar-refractivity contribution < 1.29 is 9.53 Å². The molecule has 0 unspecified atom stereocenters. The molecule has 2 nitrogen and oxygen atoms in total. The number of hydrogen-bond acceptors (Lipinski definition) is 2. The Morgan fingerprint density at radius 2 is 1.94 bits per heavy atom. The lowest BCUT2D eigenvalue weighted by Crippen LogP contribution is -2.24. The van der Waals surface area contributed by atoms with Gasteiger partial charge in [-0.15, -0.1) is 0 Å². The SMILES string of the molecule is CCCCC=CC=C(C)C(=O)OC(C)(C)C. The maximum absolute atomic E-state index is 11.6. The summed E-state index contributed by atoms with van der Waals surface area (Å²) in [4.78, 5) is 11.6. The fraction of sp³-hybridized carbons (Fsp3) is 0.643. The van der Waals surface area contributed by atoms with E-state index in [1.165, 1.54) is 12.8 Å². The molecule has 0 saturated carbocycles. The van der Waals surface area contributed by atoms with Crippen LogP contribution in [0.25, 0.3) is 0 Å². The van der Waals surface area contributed by atoms with Crippen LogP contribution in [0.2, 0.25) is 0 Å². The molecule has 0 bridgehead atoms. The minimum absolute atomic E-state index is 0.243. The third-order valence-corrected chi connectivity index (χ3v) is 1.93. The van der Waals surface area contributed by atoms with Crippen LogP contribution < -0.4 is 0 Å². The second kappa shape index (κ2) is 7.26. The Balaban J connectivity index is 4.12. The Hall–Kier alpha value is -1.05. The van der Waals surface area contributed by atoms with E-state index in [0.717, 1.165) is 6.42 Å². The van der Waals surface area contributed by atoms with Crippen molar-refractivity contribution in [2.75, 3.05) is 0 Å². The van der Waals surface area contributed by atoms with Gasteiger partial charge in [0.2, 0.25) is 0 Å². The molecule has 0 spiro atoms. The summed E-state index contributed by atoms with van der Waals surface area (Å²) in [5.74, 6) is -0.243. The van der Waals surface area contributed by atoms with Gasteiger partial charge in [0.05, 0.1) is 0 Å². The molecule has 0 N–H and O–H groups in total. The number of hydrogen-bond donors (Lipinski definition) is 0. The summed E-state index contributed by atoms with van der Waals surface area (Å²) in [6.07, 6.45) is 9.26. The number of allylic oxidation sites excluding steroid dienone is 3. The quantitative estimate of drug-likeness (QED) is 0.305. The number of carbonyl (C=O) groups is 1. The van der Waals surface area contributed by atoms with Crippen LogP contribution >= 0.6 is 0 Å². The second-order valence-electron chi connectivity index (χ2n) is 4.92. The van der Waals surface area contributed by atoms with Crippen molar-refractivity contribution in [1.82, 2.24) is 0 Å². The monoisotopic (exact) mass is 224 g/mol. The predicted molar refractivity (Wildman–Crippen MR) is 68.3 cm³/mol. The van der Waals surface area contributed by atoms with Gasteiger partial charge in [0.1, 0.15) is 5.60 Å². The van der Waals surface area contributed by atoms with Gasteiger partial charge in [-0.05, 0) is 34.1 Å². The number of esters is 1. The Bertz CT molecular complexity index is 267. The third-order valence-electron chi connectivity index (χ3n) is 1.93. The molecule has 0 fully saturated rings. The molecule has 0 heterocycles.